The summed E-state index contributed by atoms with van der Waals surface area (Å²) in [7, 11) is 1.99. The Morgan fingerprint density at radius 1 is 1.04 bits per heavy atom. The van der Waals surface area contributed by atoms with Crippen molar-refractivity contribution < 1.29 is 14.6 Å². The molecule has 0 radical (unpaired) electrons. The number of aliphatic hydroxyl groups is 1. The summed E-state index contributed by atoms with van der Waals surface area (Å²) in [5, 5.41) is 12.1. The van der Waals surface area contributed by atoms with Gasteiger partial charge in [-0.3, -0.25) is 0 Å². The SMILES string of the molecule is Cn1ccc2cc(OCC(O)COc3cc(Cl)ccc3Cl)ccc21. The number of aliphatic hydroxyl groups excluding tert-OH is 1. The zero-order valence-electron chi connectivity index (χ0n) is 13.1. The molecule has 24 heavy (non-hydrogen) atoms. The lowest BCUT2D eigenvalue weighted by Crippen LogP contribution is -2.25. The van der Waals surface area contributed by atoms with Gasteiger partial charge in [0, 0.05) is 35.2 Å². The van der Waals surface area contributed by atoms with Gasteiger partial charge in [0.25, 0.3) is 0 Å². The van der Waals surface area contributed by atoms with E-state index in [4.69, 9.17) is 32.7 Å². The van der Waals surface area contributed by atoms with Gasteiger partial charge in [-0.2, -0.15) is 0 Å². The van der Waals surface area contributed by atoms with Gasteiger partial charge in [0.2, 0.25) is 0 Å². The fourth-order valence-corrected chi connectivity index (χ4v) is 2.70. The number of rotatable bonds is 6. The Bertz CT molecular complexity index is 847. The monoisotopic (exact) mass is 365 g/mol. The van der Waals surface area contributed by atoms with Gasteiger partial charge >= 0.3 is 0 Å². The standard InChI is InChI=1S/C18H17Cl2NO3/c1-21-7-6-12-8-15(3-5-17(12)21)23-10-14(22)11-24-18-9-13(19)2-4-16(18)20/h2-9,14,22H,10-11H2,1H3. The first-order valence-electron chi connectivity index (χ1n) is 7.47. The average molecular weight is 366 g/mol. The first kappa shape index (κ1) is 17.0. The third kappa shape index (κ3) is 3.96. The van der Waals surface area contributed by atoms with E-state index in [1.54, 1.807) is 18.2 Å². The lowest BCUT2D eigenvalue weighted by Gasteiger charge is -2.14. The third-order valence-electron chi connectivity index (χ3n) is 3.62. The van der Waals surface area contributed by atoms with E-state index in [1.807, 2.05) is 42.1 Å². The molecule has 1 heterocycles. The molecule has 4 nitrogen and oxygen atoms in total. The molecule has 6 heteroatoms. The fourth-order valence-electron chi connectivity index (χ4n) is 2.36. The van der Waals surface area contributed by atoms with Crippen LogP contribution in [-0.2, 0) is 7.05 Å². The van der Waals surface area contributed by atoms with Crippen LogP contribution < -0.4 is 9.47 Å². The van der Waals surface area contributed by atoms with E-state index in [1.165, 1.54) is 0 Å². The molecule has 1 N–H and O–H groups in total. The molecule has 0 fully saturated rings. The number of aryl methyl sites for hydroxylation is 1. The molecule has 0 aliphatic heterocycles. The molecule has 0 bridgehead atoms. The van der Waals surface area contributed by atoms with Crippen LogP contribution in [0, 0.1) is 0 Å². The first-order valence-corrected chi connectivity index (χ1v) is 8.22. The first-order chi connectivity index (χ1) is 11.5. The molecular formula is C18H17Cl2NO3. The number of halogens is 2. The maximum absolute atomic E-state index is 10.0. The van der Waals surface area contributed by atoms with Gasteiger partial charge in [-0.1, -0.05) is 23.2 Å². The molecule has 0 saturated carbocycles. The minimum atomic E-state index is -0.786. The van der Waals surface area contributed by atoms with Gasteiger partial charge in [-0.15, -0.1) is 0 Å². The largest absolute Gasteiger partial charge is 0.491 e. The highest BCUT2D eigenvalue weighted by Crippen LogP contribution is 2.27. The van der Waals surface area contributed by atoms with E-state index in [0.717, 1.165) is 10.9 Å². The average Bonchev–Trinajstić information content (AvgIpc) is 2.94. The molecule has 2 aromatic carbocycles. The summed E-state index contributed by atoms with van der Waals surface area (Å²) in [6.45, 7) is 0.185. The van der Waals surface area contributed by atoms with Crippen molar-refractivity contribution in [1.82, 2.24) is 4.57 Å². The highest BCUT2D eigenvalue weighted by Gasteiger charge is 2.10. The Morgan fingerprint density at radius 3 is 2.67 bits per heavy atom. The fraction of sp³-hybridized carbons (Fsp3) is 0.222. The second-order valence-electron chi connectivity index (χ2n) is 5.50. The van der Waals surface area contributed by atoms with Crippen LogP contribution in [0.3, 0.4) is 0 Å². The summed E-state index contributed by atoms with van der Waals surface area (Å²) >= 11 is 11.9. The Morgan fingerprint density at radius 2 is 1.83 bits per heavy atom. The van der Waals surface area contributed by atoms with E-state index in [2.05, 4.69) is 0 Å². The number of benzene rings is 2. The molecule has 0 aliphatic carbocycles. The Balaban J connectivity index is 1.54. The molecule has 0 saturated heterocycles. The summed E-state index contributed by atoms with van der Waals surface area (Å²) in [5.41, 5.74) is 1.13. The summed E-state index contributed by atoms with van der Waals surface area (Å²) in [6, 6.07) is 12.8. The van der Waals surface area contributed by atoms with Crippen LogP contribution in [0.15, 0.2) is 48.7 Å². The zero-order chi connectivity index (χ0) is 17.1. The van der Waals surface area contributed by atoms with Gasteiger partial charge in [-0.25, -0.2) is 0 Å². The molecule has 3 rings (SSSR count). The van der Waals surface area contributed by atoms with Crippen molar-refractivity contribution in [2.75, 3.05) is 13.2 Å². The lowest BCUT2D eigenvalue weighted by atomic mass is 10.2. The third-order valence-corrected chi connectivity index (χ3v) is 4.17. The number of ether oxygens (including phenoxy) is 2. The number of hydrogen-bond donors (Lipinski definition) is 1. The summed E-state index contributed by atoms with van der Waals surface area (Å²) in [4.78, 5) is 0. The molecule has 1 aromatic heterocycles. The summed E-state index contributed by atoms with van der Waals surface area (Å²) in [5.74, 6) is 1.14. The van der Waals surface area contributed by atoms with Gasteiger partial charge in [0.05, 0.1) is 5.02 Å². The molecule has 1 atom stereocenters. The predicted octanol–water partition coefficient (Wildman–Crippen LogP) is 4.30. The maximum atomic E-state index is 10.0. The van der Waals surface area contributed by atoms with Gasteiger partial charge in [0.1, 0.15) is 30.8 Å². The molecule has 1 unspecified atom stereocenters. The summed E-state index contributed by atoms with van der Waals surface area (Å²) < 4.78 is 13.2. The summed E-state index contributed by atoms with van der Waals surface area (Å²) in [6.07, 6.45) is 1.21. The number of aromatic nitrogens is 1. The van der Waals surface area contributed by atoms with Gasteiger partial charge < -0.3 is 19.1 Å². The van der Waals surface area contributed by atoms with Crippen LogP contribution in [0.2, 0.25) is 10.0 Å². The van der Waals surface area contributed by atoms with Crippen molar-refractivity contribution in [2.45, 2.75) is 6.10 Å². The van der Waals surface area contributed by atoms with Crippen LogP contribution in [0.25, 0.3) is 10.9 Å². The minimum absolute atomic E-state index is 0.0631. The second kappa shape index (κ2) is 7.34. The highest BCUT2D eigenvalue weighted by atomic mass is 35.5. The molecule has 0 spiro atoms. The molecule has 0 amide bonds. The highest BCUT2D eigenvalue weighted by molar-refractivity contribution is 6.34. The van der Waals surface area contributed by atoms with E-state index < -0.39 is 6.10 Å². The van der Waals surface area contributed by atoms with Gasteiger partial charge in [-0.05, 0) is 36.4 Å². The number of fused-ring (bicyclic) bond motifs is 1. The second-order valence-corrected chi connectivity index (χ2v) is 6.34. The number of hydrogen-bond acceptors (Lipinski definition) is 3. The van der Waals surface area contributed by atoms with E-state index in [9.17, 15) is 5.11 Å². The predicted molar refractivity (Wildman–Crippen MR) is 96.4 cm³/mol. The van der Waals surface area contributed by atoms with Gasteiger partial charge in [0.15, 0.2) is 0 Å². The lowest BCUT2D eigenvalue weighted by molar-refractivity contribution is 0.0627. The normalized spacial score (nSPS) is 12.3. The van der Waals surface area contributed by atoms with E-state index in [0.29, 0.717) is 21.5 Å². The molecule has 126 valence electrons. The van der Waals surface area contributed by atoms with Crippen molar-refractivity contribution in [3.63, 3.8) is 0 Å². The van der Waals surface area contributed by atoms with Crippen molar-refractivity contribution in [1.29, 1.82) is 0 Å². The van der Waals surface area contributed by atoms with Crippen LogP contribution in [0.4, 0.5) is 0 Å². The van der Waals surface area contributed by atoms with Crippen LogP contribution in [0.5, 0.6) is 11.5 Å². The smallest absolute Gasteiger partial charge is 0.139 e. The van der Waals surface area contributed by atoms with E-state index in [-0.39, 0.29) is 13.2 Å². The van der Waals surface area contributed by atoms with Crippen molar-refractivity contribution in [3.8, 4) is 11.5 Å². The van der Waals surface area contributed by atoms with Crippen molar-refractivity contribution >= 4 is 34.1 Å². The maximum Gasteiger partial charge on any atom is 0.139 e. The molecule has 3 aromatic rings. The van der Waals surface area contributed by atoms with E-state index >= 15 is 0 Å². The van der Waals surface area contributed by atoms with Crippen molar-refractivity contribution in [3.05, 3.63) is 58.7 Å². The van der Waals surface area contributed by atoms with Crippen LogP contribution >= 0.6 is 23.2 Å². The van der Waals surface area contributed by atoms with Crippen LogP contribution in [-0.4, -0.2) is 29.0 Å². The molecule has 0 aliphatic rings. The Kier molecular flexibility index (Phi) is 5.19. The molecular weight excluding hydrogens is 349 g/mol. The quantitative estimate of drug-likeness (QED) is 0.707. The number of nitrogens with zero attached hydrogens (tertiary/aromatic N) is 1. The van der Waals surface area contributed by atoms with Crippen LogP contribution in [0.1, 0.15) is 0 Å². The Labute approximate surface area is 150 Å². The zero-order valence-corrected chi connectivity index (χ0v) is 14.6. The topological polar surface area (TPSA) is 43.6 Å². The van der Waals surface area contributed by atoms with Crippen molar-refractivity contribution in [2.24, 2.45) is 7.05 Å². The minimum Gasteiger partial charge on any atom is -0.491 e. The Hall–Kier alpha value is -1.88.